The van der Waals surface area contributed by atoms with Gasteiger partial charge >= 0.3 is 0 Å². The molecule has 0 aliphatic heterocycles. The molecule has 66 valence electrons. The van der Waals surface area contributed by atoms with Gasteiger partial charge in [0.15, 0.2) is 0 Å². The van der Waals surface area contributed by atoms with Crippen LogP contribution >= 0.6 is 15.9 Å². The highest BCUT2D eigenvalue weighted by Gasteiger charge is 2.03. The summed E-state index contributed by atoms with van der Waals surface area (Å²) in [5.74, 6) is 0. The van der Waals surface area contributed by atoms with Gasteiger partial charge in [-0.05, 0) is 12.1 Å². The molecule has 0 aliphatic rings. The highest BCUT2D eigenvalue weighted by Crippen LogP contribution is 2.21. The predicted molar refractivity (Wildman–Crippen MR) is 54.3 cm³/mol. The molecule has 0 spiro atoms. The van der Waals surface area contributed by atoms with Crippen LogP contribution in [0.5, 0.6) is 0 Å². The first-order valence-corrected chi connectivity index (χ1v) is 4.74. The van der Waals surface area contributed by atoms with Crippen LogP contribution in [0.2, 0.25) is 0 Å². The van der Waals surface area contributed by atoms with Crippen molar-refractivity contribution in [1.29, 1.82) is 0 Å². The number of hydrogen-bond donors (Lipinski definition) is 0. The summed E-state index contributed by atoms with van der Waals surface area (Å²) in [7, 11) is 1.64. The smallest absolute Gasteiger partial charge is 0.230 e. The third kappa shape index (κ3) is 1.52. The van der Waals surface area contributed by atoms with Crippen LogP contribution in [0.4, 0.5) is 0 Å². The highest BCUT2D eigenvalue weighted by molar-refractivity contribution is 9.10. The summed E-state index contributed by atoms with van der Waals surface area (Å²) in [5, 5.41) is 2.34. The zero-order valence-electron chi connectivity index (χ0n) is 7.20. The number of rotatable bonds is 1. The van der Waals surface area contributed by atoms with Crippen molar-refractivity contribution >= 4 is 26.7 Å². The molecule has 0 radical (unpaired) electrons. The molecule has 2 rings (SSSR count). The van der Waals surface area contributed by atoms with Crippen LogP contribution in [0.15, 0.2) is 41.1 Å². The topological polar surface area (TPSA) is 13.1 Å². The fourth-order valence-electron chi connectivity index (χ4n) is 1.28. The van der Waals surface area contributed by atoms with Crippen LogP contribution in [0.1, 0.15) is 0 Å². The first-order valence-electron chi connectivity index (χ1n) is 3.95. The second kappa shape index (κ2) is 3.34. The van der Waals surface area contributed by atoms with E-state index in [0.717, 1.165) is 9.86 Å². The number of halogens is 1. The van der Waals surface area contributed by atoms with Crippen LogP contribution in [0.3, 0.4) is 0 Å². The molecule has 0 fully saturated rings. The molecule has 0 aliphatic carbocycles. The molecular weight excluding hydrogens is 230 g/mol. The number of benzene rings is 1. The van der Waals surface area contributed by atoms with Crippen molar-refractivity contribution in [3.05, 3.63) is 41.1 Å². The van der Waals surface area contributed by atoms with E-state index in [4.69, 9.17) is 4.84 Å². The van der Waals surface area contributed by atoms with Crippen LogP contribution in [-0.2, 0) is 0 Å². The van der Waals surface area contributed by atoms with E-state index in [0.29, 0.717) is 0 Å². The summed E-state index contributed by atoms with van der Waals surface area (Å²) in [6.07, 6.45) is 3.83. The Morgan fingerprint density at radius 3 is 2.92 bits per heavy atom. The maximum absolute atomic E-state index is 5.06. The molecular formula is C10H9BrNO+. The van der Waals surface area contributed by atoms with Gasteiger partial charge in [0, 0.05) is 20.7 Å². The Hall–Kier alpha value is -1.09. The Labute approximate surface area is 84.8 Å². The van der Waals surface area contributed by atoms with E-state index in [1.165, 1.54) is 5.39 Å². The molecule has 13 heavy (non-hydrogen) atoms. The van der Waals surface area contributed by atoms with Crippen molar-refractivity contribution in [1.82, 2.24) is 0 Å². The van der Waals surface area contributed by atoms with Crippen molar-refractivity contribution in [3.8, 4) is 0 Å². The Morgan fingerprint density at radius 2 is 2.15 bits per heavy atom. The predicted octanol–water partition coefficient (Wildman–Crippen LogP) is 1.95. The van der Waals surface area contributed by atoms with E-state index in [1.54, 1.807) is 11.8 Å². The minimum Gasteiger partial charge on any atom is -0.275 e. The van der Waals surface area contributed by atoms with Gasteiger partial charge in [-0.15, -0.1) is 0 Å². The van der Waals surface area contributed by atoms with E-state index in [9.17, 15) is 0 Å². The number of fused-ring (bicyclic) bond motifs is 1. The first-order chi connectivity index (χ1) is 6.31. The van der Waals surface area contributed by atoms with Gasteiger partial charge in [-0.1, -0.05) is 22.0 Å². The lowest BCUT2D eigenvalue weighted by molar-refractivity contribution is -0.884. The zero-order valence-corrected chi connectivity index (χ0v) is 8.78. The monoisotopic (exact) mass is 238 g/mol. The highest BCUT2D eigenvalue weighted by atomic mass is 79.9. The van der Waals surface area contributed by atoms with Crippen LogP contribution in [-0.4, -0.2) is 7.11 Å². The Morgan fingerprint density at radius 1 is 1.31 bits per heavy atom. The lowest BCUT2D eigenvalue weighted by Crippen LogP contribution is -2.39. The van der Waals surface area contributed by atoms with Crippen LogP contribution in [0.25, 0.3) is 10.8 Å². The van der Waals surface area contributed by atoms with Gasteiger partial charge in [0.2, 0.25) is 12.4 Å². The molecule has 0 amide bonds. The molecule has 1 aromatic heterocycles. The lowest BCUT2D eigenvalue weighted by Gasteiger charge is -1.97. The maximum atomic E-state index is 5.06. The second-order valence-corrected chi connectivity index (χ2v) is 3.58. The van der Waals surface area contributed by atoms with Gasteiger partial charge in [0.1, 0.15) is 7.11 Å². The average molecular weight is 239 g/mol. The third-order valence-corrected chi connectivity index (χ3v) is 2.64. The van der Waals surface area contributed by atoms with Crippen molar-refractivity contribution in [2.45, 2.75) is 0 Å². The Bertz CT molecular complexity index is 442. The van der Waals surface area contributed by atoms with Crippen LogP contribution < -0.4 is 9.57 Å². The number of aromatic nitrogens is 1. The maximum Gasteiger partial charge on any atom is 0.230 e. The van der Waals surface area contributed by atoms with Gasteiger partial charge < -0.3 is 0 Å². The van der Waals surface area contributed by atoms with Crippen molar-refractivity contribution in [2.24, 2.45) is 0 Å². The molecule has 3 heteroatoms. The van der Waals surface area contributed by atoms with E-state index in [1.807, 2.05) is 30.6 Å². The third-order valence-electron chi connectivity index (χ3n) is 1.95. The molecule has 1 heterocycles. The fourth-order valence-corrected chi connectivity index (χ4v) is 1.80. The van der Waals surface area contributed by atoms with E-state index in [-0.39, 0.29) is 0 Å². The molecule has 2 aromatic rings. The summed E-state index contributed by atoms with van der Waals surface area (Å²) < 4.78 is 2.78. The summed E-state index contributed by atoms with van der Waals surface area (Å²) in [5.41, 5.74) is 0. The minimum atomic E-state index is 1.10. The quantitative estimate of drug-likeness (QED) is 0.693. The van der Waals surface area contributed by atoms with E-state index in [2.05, 4.69) is 22.0 Å². The summed E-state index contributed by atoms with van der Waals surface area (Å²) in [6, 6.07) is 8.10. The lowest BCUT2D eigenvalue weighted by atomic mass is 10.2. The molecule has 0 saturated heterocycles. The minimum absolute atomic E-state index is 1.10. The molecule has 2 nitrogen and oxygen atoms in total. The van der Waals surface area contributed by atoms with E-state index >= 15 is 0 Å². The zero-order chi connectivity index (χ0) is 9.26. The molecule has 0 bridgehead atoms. The SMILES string of the molecule is CO[n+]1ccc2c(Br)cccc2c1. The van der Waals surface area contributed by atoms with Crippen LogP contribution in [0, 0.1) is 0 Å². The standard InChI is InChI=1S/C10H9BrNO/c1-13-12-6-5-9-8(7-12)3-2-4-10(9)11/h2-7H,1H3/q+1. The molecule has 0 saturated carbocycles. The molecule has 0 atom stereocenters. The van der Waals surface area contributed by atoms with Gasteiger partial charge in [0.05, 0.1) is 5.39 Å². The van der Waals surface area contributed by atoms with E-state index < -0.39 is 0 Å². The fraction of sp³-hybridized carbons (Fsp3) is 0.100. The second-order valence-electron chi connectivity index (χ2n) is 2.73. The van der Waals surface area contributed by atoms with Crippen molar-refractivity contribution in [2.75, 3.05) is 7.11 Å². The summed E-state index contributed by atoms with van der Waals surface area (Å²) in [6.45, 7) is 0. The van der Waals surface area contributed by atoms with Gasteiger partial charge in [0.25, 0.3) is 0 Å². The number of hydrogen-bond acceptors (Lipinski definition) is 1. The van der Waals surface area contributed by atoms with Crippen molar-refractivity contribution < 1.29 is 9.57 Å². The molecule has 1 aromatic carbocycles. The summed E-state index contributed by atoms with van der Waals surface area (Å²) >= 11 is 3.49. The first kappa shape index (κ1) is 8.51. The largest absolute Gasteiger partial charge is 0.275 e. The number of nitrogens with zero attached hydrogens (tertiary/aromatic N) is 1. The number of pyridine rings is 1. The average Bonchev–Trinajstić information content (AvgIpc) is 2.18. The van der Waals surface area contributed by atoms with Gasteiger partial charge in [-0.3, -0.25) is 4.84 Å². The molecule has 0 unspecified atom stereocenters. The Kier molecular flexibility index (Phi) is 2.19. The van der Waals surface area contributed by atoms with Gasteiger partial charge in [-0.2, -0.15) is 0 Å². The summed E-state index contributed by atoms with van der Waals surface area (Å²) in [4.78, 5) is 5.06. The normalized spacial score (nSPS) is 10.3. The van der Waals surface area contributed by atoms with Gasteiger partial charge in [-0.25, -0.2) is 0 Å². The Balaban J connectivity index is 2.72. The van der Waals surface area contributed by atoms with Crippen molar-refractivity contribution in [3.63, 3.8) is 0 Å². The molecule has 0 N–H and O–H groups in total.